The number of aromatic nitrogens is 4. The maximum atomic E-state index is 13.9. The van der Waals surface area contributed by atoms with Gasteiger partial charge in [0.1, 0.15) is 23.7 Å². The molecule has 8 nitrogen and oxygen atoms in total. The Balaban J connectivity index is 1.34. The zero-order valence-electron chi connectivity index (χ0n) is 18.4. The lowest BCUT2D eigenvalue weighted by Crippen LogP contribution is -2.24. The third kappa shape index (κ3) is 4.10. The van der Waals surface area contributed by atoms with Crippen LogP contribution in [0.2, 0.25) is 0 Å². The molecule has 0 fully saturated rings. The number of amidine groups is 1. The van der Waals surface area contributed by atoms with Crippen LogP contribution in [0.15, 0.2) is 58.6 Å². The van der Waals surface area contributed by atoms with Crippen LogP contribution in [0.5, 0.6) is 10.8 Å². The Kier molecular flexibility index (Phi) is 5.70. The third-order valence-electron chi connectivity index (χ3n) is 5.42. The van der Waals surface area contributed by atoms with Crippen molar-refractivity contribution in [1.29, 1.82) is 0 Å². The van der Waals surface area contributed by atoms with Gasteiger partial charge in [0.15, 0.2) is 10.8 Å². The van der Waals surface area contributed by atoms with E-state index in [2.05, 4.69) is 20.0 Å². The van der Waals surface area contributed by atoms with Crippen molar-refractivity contribution >= 4 is 17.2 Å². The fraction of sp³-hybridized carbons (Fsp3) is 0.217. The van der Waals surface area contributed by atoms with Crippen molar-refractivity contribution < 1.29 is 13.5 Å². The molecule has 0 aliphatic carbocycles. The van der Waals surface area contributed by atoms with Crippen LogP contribution in [0.4, 0.5) is 8.78 Å². The number of nitrogens with zero attached hydrogens (tertiary/aromatic N) is 6. The number of hydrogen-bond acceptors (Lipinski definition) is 7. The van der Waals surface area contributed by atoms with E-state index in [9.17, 15) is 13.6 Å². The fourth-order valence-corrected chi connectivity index (χ4v) is 4.57. The highest BCUT2D eigenvalue weighted by Crippen LogP contribution is 2.33. The molecule has 0 spiro atoms. The highest BCUT2D eigenvalue weighted by molar-refractivity contribution is 7.15. The maximum absolute atomic E-state index is 13.9. The Morgan fingerprint density at radius 2 is 1.85 bits per heavy atom. The molecule has 0 bridgehead atoms. The van der Waals surface area contributed by atoms with Gasteiger partial charge in [-0.25, -0.2) is 18.6 Å². The number of benzene rings is 2. The van der Waals surface area contributed by atoms with Gasteiger partial charge in [-0.3, -0.25) is 9.56 Å². The zero-order chi connectivity index (χ0) is 23.8. The second-order valence-corrected chi connectivity index (χ2v) is 8.73. The molecular weight excluding hydrogens is 462 g/mol. The van der Waals surface area contributed by atoms with Gasteiger partial charge < -0.3 is 9.64 Å². The van der Waals surface area contributed by atoms with E-state index in [0.29, 0.717) is 16.5 Å². The molecule has 3 heterocycles. The summed E-state index contributed by atoms with van der Waals surface area (Å²) in [7, 11) is 1.98. The summed E-state index contributed by atoms with van der Waals surface area (Å²) in [5, 5.41) is 5.56. The predicted octanol–water partition coefficient (Wildman–Crippen LogP) is 3.61. The topological polar surface area (TPSA) is 77.5 Å². The third-order valence-corrected chi connectivity index (χ3v) is 6.45. The number of halogens is 2. The summed E-state index contributed by atoms with van der Waals surface area (Å²) < 4.78 is 36.2. The number of aliphatic imine (C=N–C) groups is 1. The van der Waals surface area contributed by atoms with Crippen LogP contribution < -0.4 is 10.4 Å². The molecule has 0 atom stereocenters. The summed E-state index contributed by atoms with van der Waals surface area (Å²) in [6, 6.07) is 10.4. The summed E-state index contributed by atoms with van der Waals surface area (Å²) in [4.78, 5) is 23.9. The largest absolute Gasteiger partial charge is 0.445 e. The van der Waals surface area contributed by atoms with Gasteiger partial charge in [-0.05, 0) is 43.3 Å². The number of hydrogen-bond donors (Lipinski definition) is 0. The monoisotopic (exact) mass is 482 g/mol. The lowest BCUT2D eigenvalue weighted by atomic mass is 10.2. The van der Waals surface area contributed by atoms with Crippen molar-refractivity contribution in [2.24, 2.45) is 4.99 Å². The van der Waals surface area contributed by atoms with Crippen LogP contribution >= 0.6 is 11.3 Å². The van der Waals surface area contributed by atoms with E-state index >= 15 is 0 Å². The van der Waals surface area contributed by atoms with Gasteiger partial charge in [0.25, 0.3) is 0 Å². The molecule has 4 aromatic rings. The summed E-state index contributed by atoms with van der Waals surface area (Å²) in [6.07, 6.45) is 1.25. The van der Waals surface area contributed by atoms with Gasteiger partial charge in [-0.1, -0.05) is 17.4 Å². The molecule has 0 N–H and O–H groups in total. The molecule has 0 saturated heterocycles. The molecule has 0 radical (unpaired) electrons. The van der Waals surface area contributed by atoms with Crippen molar-refractivity contribution in [3.8, 4) is 16.5 Å². The standard InChI is InChI=1S/C23H20F2N6O2S/c1-14-22(34-21(28-14)20-26-10-11-29(20)2)33-16-8-6-15(7-9-16)31-23(32)30(13-27-31)12-17-18(24)4-3-5-19(17)25/h3-9,13H,10-12H2,1-2H3. The average molecular weight is 483 g/mol. The van der Waals surface area contributed by atoms with Crippen molar-refractivity contribution in [1.82, 2.24) is 24.2 Å². The molecule has 0 saturated carbocycles. The molecule has 5 rings (SSSR count). The van der Waals surface area contributed by atoms with Gasteiger partial charge in [0.2, 0.25) is 5.06 Å². The van der Waals surface area contributed by atoms with Gasteiger partial charge in [-0.15, -0.1) is 0 Å². The van der Waals surface area contributed by atoms with E-state index in [1.807, 2.05) is 14.0 Å². The lowest BCUT2D eigenvalue weighted by Gasteiger charge is -2.10. The normalized spacial score (nSPS) is 13.4. The average Bonchev–Trinajstić information content (AvgIpc) is 3.51. The molecule has 2 aromatic carbocycles. The summed E-state index contributed by atoms with van der Waals surface area (Å²) in [5.41, 5.74) is 0.554. The van der Waals surface area contributed by atoms with Gasteiger partial charge in [0.05, 0.1) is 24.5 Å². The second-order valence-electron chi connectivity index (χ2n) is 7.77. The summed E-state index contributed by atoms with van der Waals surface area (Å²) in [6.45, 7) is 3.25. The number of aryl methyl sites for hydroxylation is 1. The van der Waals surface area contributed by atoms with Crippen LogP contribution in [0, 0.1) is 18.6 Å². The van der Waals surface area contributed by atoms with Gasteiger partial charge in [0, 0.05) is 19.2 Å². The van der Waals surface area contributed by atoms with Crippen molar-refractivity contribution in [2.45, 2.75) is 13.5 Å². The van der Waals surface area contributed by atoms with Crippen LogP contribution in [0.3, 0.4) is 0 Å². The minimum absolute atomic E-state index is 0.193. The molecule has 1 aliphatic rings. The molecule has 2 aromatic heterocycles. The Morgan fingerprint density at radius 3 is 2.53 bits per heavy atom. The second kappa shape index (κ2) is 8.82. The van der Waals surface area contributed by atoms with Crippen LogP contribution in [-0.4, -0.2) is 50.2 Å². The van der Waals surface area contributed by atoms with Gasteiger partial charge >= 0.3 is 5.69 Å². The Hall–Kier alpha value is -3.86. The van der Waals surface area contributed by atoms with E-state index in [1.165, 1.54) is 23.7 Å². The Labute approximate surface area is 197 Å². The molecule has 34 heavy (non-hydrogen) atoms. The predicted molar refractivity (Wildman–Crippen MR) is 124 cm³/mol. The maximum Gasteiger partial charge on any atom is 0.350 e. The first-order chi connectivity index (χ1) is 16.4. The van der Waals surface area contributed by atoms with E-state index in [-0.39, 0.29) is 12.1 Å². The molecule has 0 amide bonds. The van der Waals surface area contributed by atoms with Gasteiger partial charge in [-0.2, -0.15) is 9.78 Å². The molecule has 174 valence electrons. The first kappa shape index (κ1) is 22.0. The first-order valence-electron chi connectivity index (χ1n) is 10.5. The van der Waals surface area contributed by atoms with E-state index in [4.69, 9.17) is 4.74 Å². The number of likely N-dealkylation sites (N-methyl/N-ethyl adjacent to an activating group) is 1. The highest BCUT2D eigenvalue weighted by Gasteiger charge is 2.21. The van der Waals surface area contributed by atoms with Crippen LogP contribution in [0.1, 0.15) is 16.3 Å². The molecule has 11 heteroatoms. The zero-order valence-corrected chi connectivity index (χ0v) is 19.2. The summed E-state index contributed by atoms with van der Waals surface area (Å²) in [5.74, 6) is 0.0110. The van der Waals surface area contributed by atoms with E-state index < -0.39 is 17.3 Å². The Bertz CT molecular complexity index is 1420. The Morgan fingerprint density at radius 1 is 1.12 bits per heavy atom. The summed E-state index contributed by atoms with van der Waals surface area (Å²) >= 11 is 1.43. The minimum Gasteiger partial charge on any atom is -0.445 e. The minimum atomic E-state index is -0.714. The number of thiazole rings is 1. The number of ether oxygens (including phenoxy) is 1. The fourth-order valence-electron chi connectivity index (χ4n) is 3.57. The van der Waals surface area contributed by atoms with Crippen LogP contribution in [-0.2, 0) is 6.54 Å². The van der Waals surface area contributed by atoms with Crippen molar-refractivity contribution in [3.63, 3.8) is 0 Å². The van der Waals surface area contributed by atoms with E-state index in [1.54, 1.807) is 24.3 Å². The van der Waals surface area contributed by atoms with Crippen molar-refractivity contribution in [2.75, 3.05) is 20.1 Å². The number of rotatable bonds is 6. The van der Waals surface area contributed by atoms with E-state index in [0.717, 1.165) is 51.0 Å². The molecular formula is C23H20F2N6O2S. The van der Waals surface area contributed by atoms with Crippen LogP contribution in [0.25, 0.3) is 5.69 Å². The SMILES string of the molecule is Cc1nc(C2=NCCN2C)sc1Oc1ccc(-n2ncn(Cc3c(F)cccc3F)c2=O)cc1. The highest BCUT2D eigenvalue weighted by atomic mass is 32.1. The van der Waals surface area contributed by atoms with Crippen molar-refractivity contribution in [3.05, 3.63) is 87.2 Å². The molecule has 0 unspecified atom stereocenters. The smallest absolute Gasteiger partial charge is 0.350 e. The first-order valence-corrected chi connectivity index (χ1v) is 11.3. The molecule has 1 aliphatic heterocycles. The quantitative estimate of drug-likeness (QED) is 0.420. The lowest BCUT2D eigenvalue weighted by molar-refractivity contribution is 0.491.